The number of hydrogen-bond donors (Lipinski definition) is 1. The largest absolute Gasteiger partial charge is 0.388 e. The molecule has 0 heterocycles. The van der Waals surface area contributed by atoms with Crippen LogP contribution in [0.15, 0.2) is 54.6 Å². The lowest BCUT2D eigenvalue weighted by atomic mass is 10.0. The molecule has 1 nitrogen and oxygen atoms in total. The van der Waals surface area contributed by atoms with Crippen LogP contribution in [0.3, 0.4) is 0 Å². The molecule has 1 atom stereocenters. The molecule has 0 saturated heterocycles. The summed E-state index contributed by atoms with van der Waals surface area (Å²) in [5.41, 5.74) is 1.81. The second-order valence-electron chi connectivity index (χ2n) is 3.76. The molecule has 0 spiro atoms. The van der Waals surface area contributed by atoms with Crippen molar-refractivity contribution in [2.24, 2.45) is 0 Å². The predicted octanol–water partition coefficient (Wildman–Crippen LogP) is 3.10. The molecule has 0 aliphatic heterocycles. The normalized spacial score (nSPS) is 12.4. The zero-order chi connectivity index (χ0) is 11.4. The molecule has 0 saturated carbocycles. The monoisotopic (exact) mass is 216 g/mol. The molecular formula is C14H13FO. The zero-order valence-electron chi connectivity index (χ0n) is 8.81. The van der Waals surface area contributed by atoms with Gasteiger partial charge in [0, 0.05) is 6.42 Å². The Kier molecular flexibility index (Phi) is 3.32. The highest BCUT2D eigenvalue weighted by Crippen LogP contribution is 2.17. The Morgan fingerprint density at radius 2 is 1.56 bits per heavy atom. The summed E-state index contributed by atoms with van der Waals surface area (Å²) in [6, 6.07) is 15.7. The van der Waals surface area contributed by atoms with Crippen LogP contribution in [-0.2, 0) is 6.42 Å². The maximum atomic E-state index is 12.7. The lowest BCUT2D eigenvalue weighted by Crippen LogP contribution is -2.01. The summed E-state index contributed by atoms with van der Waals surface area (Å²) in [6.45, 7) is 0. The van der Waals surface area contributed by atoms with E-state index in [0.717, 1.165) is 11.1 Å². The van der Waals surface area contributed by atoms with E-state index in [4.69, 9.17) is 0 Å². The van der Waals surface area contributed by atoms with Gasteiger partial charge in [0.15, 0.2) is 0 Å². The van der Waals surface area contributed by atoms with E-state index < -0.39 is 6.10 Å². The first-order valence-corrected chi connectivity index (χ1v) is 5.23. The molecule has 0 radical (unpaired) electrons. The van der Waals surface area contributed by atoms with Gasteiger partial charge in [-0.1, -0.05) is 42.5 Å². The van der Waals surface area contributed by atoms with Crippen molar-refractivity contribution in [2.75, 3.05) is 0 Å². The third-order valence-corrected chi connectivity index (χ3v) is 2.53. The quantitative estimate of drug-likeness (QED) is 0.835. The second-order valence-corrected chi connectivity index (χ2v) is 3.76. The number of aliphatic hydroxyl groups excluding tert-OH is 1. The second kappa shape index (κ2) is 4.90. The minimum Gasteiger partial charge on any atom is -0.388 e. The Hall–Kier alpha value is -1.67. The molecule has 0 aliphatic carbocycles. The van der Waals surface area contributed by atoms with Gasteiger partial charge >= 0.3 is 0 Å². The summed E-state index contributed by atoms with van der Waals surface area (Å²) in [5, 5.41) is 9.95. The van der Waals surface area contributed by atoms with Crippen LogP contribution in [0.25, 0.3) is 0 Å². The molecule has 1 unspecified atom stereocenters. The van der Waals surface area contributed by atoms with Gasteiger partial charge in [-0.2, -0.15) is 0 Å². The van der Waals surface area contributed by atoms with Gasteiger partial charge < -0.3 is 5.11 Å². The van der Waals surface area contributed by atoms with Crippen LogP contribution in [0, 0.1) is 5.82 Å². The SMILES string of the molecule is OC(Cc1ccc(F)cc1)c1ccccc1. The van der Waals surface area contributed by atoms with Crippen molar-refractivity contribution in [3.63, 3.8) is 0 Å². The van der Waals surface area contributed by atoms with Crippen molar-refractivity contribution in [2.45, 2.75) is 12.5 Å². The van der Waals surface area contributed by atoms with E-state index in [9.17, 15) is 9.50 Å². The number of aliphatic hydroxyl groups is 1. The third kappa shape index (κ3) is 2.67. The van der Waals surface area contributed by atoms with Crippen molar-refractivity contribution < 1.29 is 9.50 Å². The van der Waals surface area contributed by atoms with E-state index in [-0.39, 0.29) is 5.82 Å². The fourth-order valence-corrected chi connectivity index (χ4v) is 1.64. The van der Waals surface area contributed by atoms with Crippen LogP contribution >= 0.6 is 0 Å². The Labute approximate surface area is 94.2 Å². The highest BCUT2D eigenvalue weighted by Gasteiger charge is 2.07. The van der Waals surface area contributed by atoms with Crippen molar-refractivity contribution in [1.29, 1.82) is 0 Å². The molecule has 1 N–H and O–H groups in total. The maximum absolute atomic E-state index is 12.7. The lowest BCUT2D eigenvalue weighted by Gasteiger charge is -2.10. The Bertz CT molecular complexity index is 436. The molecule has 16 heavy (non-hydrogen) atoms. The van der Waals surface area contributed by atoms with Crippen LogP contribution in [0.5, 0.6) is 0 Å². The van der Waals surface area contributed by atoms with Crippen LogP contribution in [-0.4, -0.2) is 5.11 Å². The van der Waals surface area contributed by atoms with Gasteiger partial charge in [-0.25, -0.2) is 4.39 Å². The van der Waals surface area contributed by atoms with Crippen LogP contribution in [0.1, 0.15) is 17.2 Å². The van der Waals surface area contributed by atoms with Gasteiger partial charge in [-0.05, 0) is 23.3 Å². The van der Waals surface area contributed by atoms with Gasteiger partial charge in [0.25, 0.3) is 0 Å². The molecule has 82 valence electrons. The summed E-state index contributed by atoms with van der Waals surface area (Å²) < 4.78 is 12.7. The smallest absolute Gasteiger partial charge is 0.123 e. The van der Waals surface area contributed by atoms with Gasteiger partial charge in [-0.15, -0.1) is 0 Å². The van der Waals surface area contributed by atoms with E-state index in [1.165, 1.54) is 12.1 Å². The Balaban J connectivity index is 2.08. The first-order valence-electron chi connectivity index (χ1n) is 5.23. The van der Waals surface area contributed by atoms with E-state index in [0.29, 0.717) is 6.42 Å². The molecule has 2 aromatic rings. The molecule has 2 rings (SSSR count). The minimum atomic E-state index is -0.535. The highest BCUT2D eigenvalue weighted by molar-refractivity contribution is 5.22. The molecule has 0 amide bonds. The van der Waals surface area contributed by atoms with E-state index >= 15 is 0 Å². The zero-order valence-corrected chi connectivity index (χ0v) is 8.81. The summed E-state index contributed by atoms with van der Waals surface area (Å²) >= 11 is 0. The van der Waals surface area contributed by atoms with Gasteiger partial charge in [-0.3, -0.25) is 0 Å². The van der Waals surface area contributed by atoms with Crippen molar-refractivity contribution in [1.82, 2.24) is 0 Å². The highest BCUT2D eigenvalue weighted by atomic mass is 19.1. The molecule has 0 aliphatic rings. The minimum absolute atomic E-state index is 0.252. The van der Waals surface area contributed by atoms with Crippen molar-refractivity contribution >= 4 is 0 Å². The third-order valence-electron chi connectivity index (χ3n) is 2.53. The van der Waals surface area contributed by atoms with Crippen molar-refractivity contribution in [3.05, 3.63) is 71.5 Å². The molecule has 2 heteroatoms. The van der Waals surface area contributed by atoms with E-state index in [1.807, 2.05) is 30.3 Å². The number of rotatable bonds is 3. The van der Waals surface area contributed by atoms with Gasteiger partial charge in [0.1, 0.15) is 5.82 Å². The molecule has 2 aromatic carbocycles. The van der Waals surface area contributed by atoms with Crippen LogP contribution in [0.4, 0.5) is 4.39 Å². The van der Waals surface area contributed by atoms with E-state index in [2.05, 4.69) is 0 Å². The maximum Gasteiger partial charge on any atom is 0.123 e. The average molecular weight is 216 g/mol. The number of benzene rings is 2. The molecule has 0 aromatic heterocycles. The molecular weight excluding hydrogens is 203 g/mol. The fraction of sp³-hybridized carbons (Fsp3) is 0.143. The van der Waals surface area contributed by atoms with E-state index in [1.54, 1.807) is 12.1 Å². The first-order chi connectivity index (χ1) is 7.75. The lowest BCUT2D eigenvalue weighted by molar-refractivity contribution is 0.178. The molecule has 0 fully saturated rings. The fourth-order valence-electron chi connectivity index (χ4n) is 1.64. The number of halogens is 1. The average Bonchev–Trinajstić information content (AvgIpc) is 2.33. The van der Waals surface area contributed by atoms with Crippen molar-refractivity contribution in [3.8, 4) is 0 Å². The Morgan fingerprint density at radius 3 is 2.19 bits per heavy atom. The summed E-state index contributed by atoms with van der Waals surface area (Å²) in [4.78, 5) is 0. The van der Waals surface area contributed by atoms with Gasteiger partial charge in [0.05, 0.1) is 6.10 Å². The Morgan fingerprint density at radius 1 is 0.938 bits per heavy atom. The van der Waals surface area contributed by atoms with Gasteiger partial charge in [0.2, 0.25) is 0 Å². The predicted molar refractivity (Wildman–Crippen MR) is 61.5 cm³/mol. The summed E-state index contributed by atoms with van der Waals surface area (Å²) in [7, 11) is 0. The standard InChI is InChI=1S/C14H13FO/c15-13-8-6-11(7-9-13)10-14(16)12-4-2-1-3-5-12/h1-9,14,16H,10H2. The summed E-state index contributed by atoms with van der Waals surface area (Å²) in [5.74, 6) is -0.252. The summed E-state index contributed by atoms with van der Waals surface area (Å²) in [6.07, 6.45) is -0.0312. The van der Waals surface area contributed by atoms with Crippen LogP contribution in [0.2, 0.25) is 0 Å². The molecule has 0 bridgehead atoms. The topological polar surface area (TPSA) is 20.2 Å². The first kappa shape index (κ1) is 10.8. The van der Waals surface area contributed by atoms with Crippen LogP contribution < -0.4 is 0 Å². The number of hydrogen-bond acceptors (Lipinski definition) is 1.